The van der Waals surface area contributed by atoms with Gasteiger partial charge in [0.25, 0.3) is 5.91 Å². The number of amides is 2. The number of hydrogen-bond donors (Lipinski definition) is 1. The van der Waals surface area contributed by atoms with E-state index in [1.54, 1.807) is 0 Å². The molecular weight excluding hydrogens is 393 g/mol. The highest BCUT2D eigenvalue weighted by Gasteiger charge is 2.35. The van der Waals surface area contributed by atoms with Crippen LogP contribution in [0.2, 0.25) is 5.02 Å². The van der Waals surface area contributed by atoms with E-state index in [1.807, 2.05) is 18.7 Å². The van der Waals surface area contributed by atoms with Crippen molar-refractivity contribution in [2.45, 2.75) is 39.5 Å². The summed E-state index contributed by atoms with van der Waals surface area (Å²) < 4.78 is 13.4. The van der Waals surface area contributed by atoms with Crippen LogP contribution in [0.25, 0.3) is 0 Å². The van der Waals surface area contributed by atoms with E-state index in [2.05, 4.69) is 10.2 Å². The van der Waals surface area contributed by atoms with Gasteiger partial charge in [0.05, 0.1) is 0 Å². The fourth-order valence-electron chi connectivity index (χ4n) is 4.26. The number of benzene rings is 1. The average molecular weight is 424 g/mol. The molecule has 1 aromatic carbocycles. The maximum absolute atomic E-state index is 13.4. The summed E-state index contributed by atoms with van der Waals surface area (Å²) >= 11 is 5.82. The third kappa shape index (κ3) is 5.92. The second kappa shape index (κ2) is 9.43. The fourth-order valence-corrected chi connectivity index (χ4v) is 4.48. The summed E-state index contributed by atoms with van der Waals surface area (Å²) in [7, 11) is 0. The van der Waals surface area contributed by atoms with Crippen LogP contribution in [0, 0.1) is 17.2 Å². The molecular formula is C22H31ClFN3O2. The number of piperidine rings is 2. The van der Waals surface area contributed by atoms with Crippen LogP contribution in [0.3, 0.4) is 0 Å². The quantitative estimate of drug-likeness (QED) is 0.761. The summed E-state index contributed by atoms with van der Waals surface area (Å²) in [4.78, 5) is 29.2. The highest BCUT2D eigenvalue weighted by atomic mass is 35.5. The molecule has 0 radical (unpaired) electrons. The van der Waals surface area contributed by atoms with Crippen molar-refractivity contribution < 1.29 is 14.0 Å². The summed E-state index contributed by atoms with van der Waals surface area (Å²) in [5.41, 5.74) is 0.0246. The van der Waals surface area contributed by atoms with Gasteiger partial charge in [-0.15, -0.1) is 0 Å². The van der Waals surface area contributed by atoms with Gasteiger partial charge in [0.15, 0.2) is 0 Å². The largest absolute Gasteiger partial charge is 0.352 e. The van der Waals surface area contributed by atoms with Crippen LogP contribution in [-0.4, -0.2) is 60.9 Å². The average Bonchev–Trinajstić information content (AvgIpc) is 2.67. The number of hydrogen-bond acceptors (Lipinski definition) is 3. The molecule has 7 heteroatoms. The molecule has 1 aromatic rings. The highest BCUT2D eigenvalue weighted by Crippen LogP contribution is 2.29. The summed E-state index contributed by atoms with van der Waals surface area (Å²) in [5.74, 6) is -0.111. The Bertz CT molecular complexity index is 727. The number of nitrogens with one attached hydrogen (secondary N) is 1. The molecule has 2 fully saturated rings. The topological polar surface area (TPSA) is 52.6 Å². The van der Waals surface area contributed by atoms with E-state index >= 15 is 0 Å². The molecule has 0 atom stereocenters. The fraction of sp³-hybridized carbons (Fsp3) is 0.636. The van der Waals surface area contributed by atoms with Gasteiger partial charge in [-0.05, 0) is 62.9 Å². The number of halogens is 2. The Labute approximate surface area is 177 Å². The van der Waals surface area contributed by atoms with E-state index in [-0.39, 0.29) is 27.8 Å². The predicted molar refractivity (Wildman–Crippen MR) is 113 cm³/mol. The maximum Gasteiger partial charge on any atom is 0.251 e. The van der Waals surface area contributed by atoms with Crippen LogP contribution in [0.4, 0.5) is 4.39 Å². The molecule has 2 aliphatic heterocycles. The number of rotatable bonds is 6. The number of carbonyl (C=O) groups excluding carboxylic acids is 2. The Morgan fingerprint density at radius 3 is 2.62 bits per heavy atom. The van der Waals surface area contributed by atoms with Crippen molar-refractivity contribution in [3.8, 4) is 0 Å². The van der Waals surface area contributed by atoms with Crippen molar-refractivity contribution >= 4 is 23.4 Å². The standard InChI is InChI=1S/C22H31ClFN3O2/c1-22(2)6-3-7-27(21(22)29)11-10-26-8-4-16(5-9-26)15-25-20(28)17-12-18(23)14-19(24)13-17/h12-14,16H,3-11,15H2,1-2H3,(H,25,28). The van der Waals surface area contributed by atoms with Crippen molar-refractivity contribution in [1.29, 1.82) is 0 Å². The Morgan fingerprint density at radius 2 is 1.93 bits per heavy atom. The lowest BCUT2D eigenvalue weighted by atomic mass is 9.83. The molecule has 0 bridgehead atoms. The first kappa shape index (κ1) is 22.0. The molecule has 0 saturated carbocycles. The lowest BCUT2D eigenvalue weighted by Gasteiger charge is -2.39. The Hall–Kier alpha value is -1.66. The first-order valence-corrected chi connectivity index (χ1v) is 10.9. The van der Waals surface area contributed by atoms with Gasteiger partial charge < -0.3 is 15.1 Å². The minimum absolute atomic E-state index is 0.221. The second-order valence-corrected chi connectivity index (χ2v) is 9.37. The van der Waals surface area contributed by atoms with Crippen molar-refractivity contribution in [2.24, 2.45) is 11.3 Å². The zero-order valence-electron chi connectivity index (χ0n) is 17.3. The van der Waals surface area contributed by atoms with Crippen LogP contribution in [-0.2, 0) is 4.79 Å². The minimum atomic E-state index is -0.508. The number of carbonyl (C=O) groups is 2. The number of nitrogens with zero attached hydrogens (tertiary/aromatic N) is 2. The van der Waals surface area contributed by atoms with E-state index < -0.39 is 5.82 Å². The third-order valence-electron chi connectivity index (χ3n) is 6.17. The molecule has 160 valence electrons. The molecule has 3 rings (SSSR count). The highest BCUT2D eigenvalue weighted by molar-refractivity contribution is 6.31. The minimum Gasteiger partial charge on any atom is -0.352 e. The lowest BCUT2D eigenvalue weighted by molar-refractivity contribution is -0.144. The smallest absolute Gasteiger partial charge is 0.251 e. The molecule has 2 saturated heterocycles. The SMILES string of the molecule is CC1(C)CCCN(CCN2CCC(CNC(=O)c3cc(F)cc(Cl)c3)CC2)C1=O. The van der Waals surface area contributed by atoms with Gasteiger partial charge in [-0.3, -0.25) is 9.59 Å². The van der Waals surface area contributed by atoms with E-state index in [0.29, 0.717) is 12.5 Å². The van der Waals surface area contributed by atoms with Gasteiger partial charge in [0, 0.05) is 42.2 Å². The molecule has 2 aliphatic rings. The van der Waals surface area contributed by atoms with Crippen molar-refractivity contribution in [1.82, 2.24) is 15.1 Å². The van der Waals surface area contributed by atoms with Gasteiger partial charge in [-0.2, -0.15) is 0 Å². The van der Waals surface area contributed by atoms with Gasteiger partial charge in [0.2, 0.25) is 5.91 Å². The maximum atomic E-state index is 13.4. The van der Waals surface area contributed by atoms with E-state index in [0.717, 1.165) is 58.4 Å². The zero-order chi connectivity index (χ0) is 21.0. The molecule has 0 unspecified atom stereocenters. The van der Waals surface area contributed by atoms with Crippen LogP contribution < -0.4 is 5.32 Å². The van der Waals surface area contributed by atoms with Gasteiger partial charge in [-0.25, -0.2) is 4.39 Å². The third-order valence-corrected chi connectivity index (χ3v) is 6.38. The van der Waals surface area contributed by atoms with Crippen molar-refractivity contribution in [3.63, 3.8) is 0 Å². The first-order valence-electron chi connectivity index (χ1n) is 10.5. The van der Waals surface area contributed by atoms with Gasteiger partial charge >= 0.3 is 0 Å². The second-order valence-electron chi connectivity index (χ2n) is 8.93. The molecule has 0 aromatic heterocycles. The van der Waals surface area contributed by atoms with Crippen molar-refractivity contribution in [3.05, 3.63) is 34.6 Å². The number of likely N-dealkylation sites (tertiary alicyclic amines) is 2. The Morgan fingerprint density at radius 1 is 1.21 bits per heavy atom. The zero-order valence-corrected chi connectivity index (χ0v) is 18.1. The molecule has 2 heterocycles. The predicted octanol–water partition coefficient (Wildman–Crippen LogP) is 3.57. The molecule has 0 spiro atoms. The molecule has 1 N–H and O–H groups in total. The van der Waals surface area contributed by atoms with Crippen LogP contribution in [0.5, 0.6) is 0 Å². The summed E-state index contributed by atoms with van der Waals surface area (Å²) in [6.07, 6.45) is 4.06. The monoisotopic (exact) mass is 423 g/mol. The summed E-state index contributed by atoms with van der Waals surface area (Å²) in [6.45, 7) is 9.18. The lowest BCUT2D eigenvalue weighted by Crippen LogP contribution is -2.49. The van der Waals surface area contributed by atoms with Crippen LogP contribution in [0.1, 0.15) is 49.9 Å². The van der Waals surface area contributed by atoms with Crippen LogP contribution >= 0.6 is 11.6 Å². The van der Waals surface area contributed by atoms with Crippen LogP contribution in [0.15, 0.2) is 18.2 Å². The van der Waals surface area contributed by atoms with Crippen molar-refractivity contribution in [2.75, 3.05) is 39.3 Å². The van der Waals surface area contributed by atoms with Gasteiger partial charge in [0.1, 0.15) is 5.82 Å². The molecule has 0 aliphatic carbocycles. The molecule has 2 amide bonds. The van der Waals surface area contributed by atoms with Gasteiger partial charge in [-0.1, -0.05) is 25.4 Å². The summed E-state index contributed by atoms with van der Waals surface area (Å²) in [6, 6.07) is 3.87. The van der Waals surface area contributed by atoms with E-state index in [4.69, 9.17) is 11.6 Å². The van der Waals surface area contributed by atoms with E-state index in [1.165, 1.54) is 18.2 Å². The normalized spacial score (nSPS) is 20.7. The summed E-state index contributed by atoms with van der Waals surface area (Å²) in [5, 5.41) is 3.12. The Balaban J connectivity index is 1.38. The Kier molecular flexibility index (Phi) is 7.17. The first-order chi connectivity index (χ1) is 13.7. The van der Waals surface area contributed by atoms with E-state index in [9.17, 15) is 14.0 Å². The molecule has 5 nitrogen and oxygen atoms in total. The molecule has 29 heavy (non-hydrogen) atoms.